The van der Waals surface area contributed by atoms with Crippen LogP contribution < -0.4 is 27.7 Å². The minimum atomic E-state index is -4.12. The third kappa shape index (κ3) is 5.36. The summed E-state index contributed by atoms with van der Waals surface area (Å²) in [6.45, 7) is 0.323. The third-order valence-corrected chi connectivity index (χ3v) is 7.24. The van der Waals surface area contributed by atoms with Crippen molar-refractivity contribution in [2.75, 3.05) is 6.54 Å². The summed E-state index contributed by atoms with van der Waals surface area (Å²) >= 11 is 6.18. The number of primary amides is 1. The van der Waals surface area contributed by atoms with Gasteiger partial charge in [-0.15, -0.1) is 24.8 Å². The Balaban J connectivity index is 0.00000256. The number of pyridine rings is 1. The first-order valence-electron chi connectivity index (χ1n) is 9.32. The number of nitrogens with zero attached hydrogens (tertiary/aromatic N) is 2. The number of nitrogens with one attached hydrogen (secondary N) is 1. The lowest BCUT2D eigenvalue weighted by Gasteiger charge is -2.33. The molecule has 1 aliphatic carbocycles. The van der Waals surface area contributed by atoms with Crippen molar-refractivity contribution >= 4 is 74.9 Å². The Hall–Kier alpha value is -1.89. The van der Waals surface area contributed by atoms with Crippen LogP contribution >= 0.6 is 36.4 Å². The van der Waals surface area contributed by atoms with E-state index in [9.17, 15) is 13.2 Å². The zero-order chi connectivity index (χ0) is 22.1. The fraction of sp³-hybridized carbons (Fsp3) is 0.389. The molecule has 32 heavy (non-hydrogen) atoms. The summed E-state index contributed by atoms with van der Waals surface area (Å²) in [4.78, 5) is 20.2. The van der Waals surface area contributed by atoms with Crippen LogP contribution in [0.4, 0.5) is 5.82 Å². The SMILES string of the molecule is Cl.Cl.NCCC1CCCC1(NS(=O)(=O)c1ccc2c(Cl)cnc(N=C(N)N)c2c1)C(N)=O. The molecule has 1 fully saturated rings. The number of amides is 1. The molecule has 1 amide bonds. The van der Waals surface area contributed by atoms with Crippen LogP contribution in [-0.2, 0) is 14.8 Å². The molecule has 3 rings (SSSR count). The number of aromatic nitrogens is 1. The summed E-state index contributed by atoms with van der Waals surface area (Å²) in [7, 11) is -4.12. The van der Waals surface area contributed by atoms with Gasteiger partial charge in [-0.3, -0.25) is 4.79 Å². The zero-order valence-electron chi connectivity index (χ0n) is 17.0. The van der Waals surface area contributed by atoms with E-state index < -0.39 is 21.5 Å². The highest BCUT2D eigenvalue weighted by molar-refractivity contribution is 7.89. The van der Waals surface area contributed by atoms with Gasteiger partial charge in [0.2, 0.25) is 15.9 Å². The van der Waals surface area contributed by atoms with Crippen molar-refractivity contribution in [3.8, 4) is 0 Å². The normalized spacial score (nSPS) is 20.2. The number of aliphatic imine (C=N–C) groups is 1. The van der Waals surface area contributed by atoms with E-state index in [4.69, 9.17) is 34.5 Å². The van der Waals surface area contributed by atoms with Gasteiger partial charge in [0, 0.05) is 17.0 Å². The molecule has 178 valence electrons. The molecule has 0 aliphatic heterocycles. The molecule has 0 spiro atoms. The second kappa shape index (κ2) is 10.8. The number of carbonyl (C=O) groups is 1. The summed E-state index contributed by atoms with van der Waals surface area (Å²) < 4.78 is 29.0. The molecule has 10 nitrogen and oxygen atoms in total. The maximum absolute atomic E-state index is 13.2. The molecule has 9 N–H and O–H groups in total. The van der Waals surface area contributed by atoms with E-state index in [0.717, 1.165) is 0 Å². The number of sulfonamides is 1. The molecule has 2 atom stereocenters. The van der Waals surface area contributed by atoms with E-state index in [1.165, 1.54) is 24.4 Å². The maximum Gasteiger partial charge on any atom is 0.241 e. The Kier molecular flexibility index (Phi) is 9.51. The molecule has 1 aliphatic rings. The van der Waals surface area contributed by atoms with Gasteiger partial charge in [-0.25, -0.2) is 13.4 Å². The van der Waals surface area contributed by atoms with E-state index in [0.29, 0.717) is 48.0 Å². The van der Waals surface area contributed by atoms with Gasteiger partial charge in [-0.1, -0.05) is 24.1 Å². The van der Waals surface area contributed by atoms with Crippen LogP contribution in [0.2, 0.25) is 5.02 Å². The van der Waals surface area contributed by atoms with E-state index in [1.807, 2.05) is 0 Å². The lowest BCUT2D eigenvalue weighted by atomic mass is 9.85. The molecule has 0 radical (unpaired) electrons. The zero-order valence-corrected chi connectivity index (χ0v) is 20.2. The monoisotopic (exact) mass is 525 g/mol. The first kappa shape index (κ1) is 28.1. The van der Waals surface area contributed by atoms with Gasteiger partial charge in [0.15, 0.2) is 11.8 Å². The van der Waals surface area contributed by atoms with Gasteiger partial charge in [-0.2, -0.15) is 9.71 Å². The standard InChI is InChI=1S/C18H24ClN7O3S.2ClH/c19-14-9-24-15(25-17(22)23)13-8-11(3-4-12(13)14)30(28,29)26-18(16(21)27)6-1-2-10(18)5-7-20;;/h3-4,8-10,26H,1-2,5-7,20H2,(H2,21,27)(H4,22,23,24,25);2*1H. The Morgan fingerprint density at radius 2 is 1.94 bits per heavy atom. The van der Waals surface area contributed by atoms with Gasteiger partial charge in [0.1, 0.15) is 5.54 Å². The number of guanidine groups is 1. The summed E-state index contributed by atoms with van der Waals surface area (Å²) in [5, 5.41) is 1.18. The number of fused-ring (bicyclic) bond motifs is 1. The van der Waals surface area contributed by atoms with Crippen LogP contribution in [0.25, 0.3) is 10.8 Å². The fourth-order valence-corrected chi connectivity index (χ4v) is 5.73. The highest BCUT2D eigenvalue weighted by Crippen LogP contribution is 2.39. The molecular formula is C18H26Cl3N7O3S. The van der Waals surface area contributed by atoms with E-state index >= 15 is 0 Å². The van der Waals surface area contributed by atoms with Crippen LogP contribution in [-0.4, -0.2) is 37.4 Å². The van der Waals surface area contributed by atoms with Gasteiger partial charge in [-0.05, 0) is 43.9 Å². The quantitative estimate of drug-likeness (QED) is 0.265. The van der Waals surface area contributed by atoms with Crippen molar-refractivity contribution in [1.82, 2.24) is 9.71 Å². The van der Waals surface area contributed by atoms with Crippen LogP contribution in [0.3, 0.4) is 0 Å². The average molecular weight is 527 g/mol. The molecule has 1 aromatic heterocycles. The van der Waals surface area contributed by atoms with Crippen molar-refractivity contribution in [3.05, 3.63) is 29.4 Å². The number of rotatable bonds is 7. The van der Waals surface area contributed by atoms with E-state index in [2.05, 4.69) is 14.7 Å². The Labute approximate surface area is 203 Å². The summed E-state index contributed by atoms with van der Waals surface area (Å²) in [6.07, 6.45) is 3.50. The maximum atomic E-state index is 13.2. The van der Waals surface area contributed by atoms with Gasteiger partial charge in [0.05, 0.1) is 9.92 Å². The molecule has 1 heterocycles. The number of hydrogen-bond donors (Lipinski definition) is 5. The molecule has 1 aromatic carbocycles. The summed E-state index contributed by atoms with van der Waals surface area (Å²) in [5.41, 5.74) is 20.8. The molecule has 2 unspecified atom stereocenters. The first-order chi connectivity index (χ1) is 14.1. The van der Waals surface area contributed by atoms with Crippen LogP contribution in [0.5, 0.6) is 0 Å². The minimum absolute atomic E-state index is 0. The summed E-state index contributed by atoms with van der Waals surface area (Å²) in [5.74, 6) is -1.10. The molecule has 2 aromatic rings. The third-order valence-electron chi connectivity index (χ3n) is 5.43. The highest BCUT2D eigenvalue weighted by atomic mass is 35.5. The first-order valence-corrected chi connectivity index (χ1v) is 11.2. The second-order valence-corrected chi connectivity index (χ2v) is 9.37. The van der Waals surface area contributed by atoms with Crippen LogP contribution in [0.15, 0.2) is 34.3 Å². The second-order valence-electron chi connectivity index (χ2n) is 7.28. The van der Waals surface area contributed by atoms with Crippen molar-refractivity contribution in [3.63, 3.8) is 0 Å². The summed E-state index contributed by atoms with van der Waals surface area (Å²) in [6, 6.07) is 4.28. The Morgan fingerprint density at radius 1 is 1.25 bits per heavy atom. The molecular weight excluding hydrogens is 501 g/mol. The van der Waals surface area contributed by atoms with Crippen molar-refractivity contribution in [1.29, 1.82) is 0 Å². The fourth-order valence-electron chi connectivity index (χ4n) is 4.03. The molecule has 0 bridgehead atoms. The number of nitrogens with two attached hydrogens (primary N) is 4. The van der Waals surface area contributed by atoms with Gasteiger partial charge in [0.25, 0.3) is 0 Å². The average Bonchev–Trinajstić information content (AvgIpc) is 3.07. The number of hydrogen-bond acceptors (Lipinski definition) is 6. The number of halogens is 3. The largest absolute Gasteiger partial charge is 0.370 e. The van der Waals surface area contributed by atoms with Crippen LogP contribution in [0.1, 0.15) is 25.7 Å². The van der Waals surface area contributed by atoms with Gasteiger partial charge >= 0.3 is 0 Å². The Bertz CT molecular complexity index is 1130. The van der Waals surface area contributed by atoms with E-state index in [-0.39, 0.29) is 47.4 Å². The molecule has 14 heteroatoms. The minimum Gasteiger partial charge on any atom is -0.370 e. The predicted molar refractivity (Wildman–Crippen MR) is 130 cm³/mol. The smallest absolute Gasteiger partial charge is 0.241 e. The number of carbonyl (C=O) groups excluding carboxylic acids is 1. The molecule has 1 saturated carbocycles. The lowest BCUT2D eigenvalue weighted by Crippen LogP contribution is -2.59. The van der Waals surface area contributed by atoms with Crippen molar-refractivity contribution in [2.45, 2.75) is 36.1 Å². The van der Waals surface area contributed by atoms with Crippen LogP contribution in [0, 0.1) is 5.92 Å². The topological polar surface area (TPSA) is 193 Å². The lowest BCUT2D eigenvalue weighted by molar-refractivity contribution is -0.125. The molecule has 0 saturated heterocycles. The predicted octanol–water partition coefficient (Wildman–Crippen LogP) is 1.29. The van der Waals surface area contributed by atoms with E-state index in [1.54, 1.807) is 0 Å². The Morgan fingerprint density at radius 3 is 2.53 bits per heavy atom. The highest BCUT2D eigenvalue weighted by Gasteiger charge is 2.50. The van der Waals surface area contributed by atoms with Gasteiger partial charge < -0.3 is 22.9 Å². The van der Waals surface area contributed by atoms with Crippen molar-refractivity contribution < 1.29 is 13.2 Å². The van der Waals surface area contributed by atoms with Crippen molar-refractivity contribution in [2.24, 2.45) is 33.8 Å². The number of benzene rings is 1.